The van der Waals surface area contributed by atoms with Crippen LogP contribution in [0.2, 0.25) is 0 Å². The average molecular weight is 336 g/mol. The van der Waals surface area contributed by atoms with Crippen LogP contribution in [0.25, 0.3) is 0 Å². The minimum Gasteiger partial charge on any atom is -0.378 e. The first kappa shape index (κ1) is 19.9. The number of nitro benzene ring substituents is 1. The molecule has 0 bridgehead atoms. The molecule has 1 aromatic rings. The fourth-order valence-electron chi connectivity index (χ4n) is 2.34. The van der Waals surface area contributed by atoms with Gasteiger partial charge in [-0.25, -0.2) is 0 Å². The van der Waals surface area contributed by atoms with E-state index in [1.165, 1.54) is 6.07 Å². The van der Waals surface area contributed by atoms with E-state index in [0.717, 1.165) is 18.5 Å². The standard InChI is InChI=1S/C17H28N4O3/c1-5-24-16(13(2)3)9-10-19-17(18-4)20-12-14-7-6-8-15(11-14)21(22)23/h6-8,11,13,16H,5,9-10,12H2,1-4H3,(H2,18,19,20). The summed E-state index contributed by atoms with van der Waals surface area (Å²) < 4.78 is 5.72. The van der Waals surface area contributed by atoms with Crippen LogP contribution in [0.5, 0.6) is 0 Å². The Morgan fingerprint density at radius 1 is 1.38 bits per heavy atom. The van der Waals surface area contributed by atoms with Crippen LogP contribution < -0.4 is 10.6 Å². The second-order valence-electron chi connectivity index (χ2n) is 5.81. The van der Waals surface area contributed by atoms with E-state index in [1.54, 1.807) is 19.2 Å². The average Bonchev–Trinajstić information content (AvgIpc) is 2.57. The molecule has 1 rings (SSSR count). The summed E-state index contributed by atoms with van der Waals surface area (Å²) in [5.41, 5.74) is 0.926. The van der Waals surface area contributed by atoms with Crippen molar-refractivity contribution in [1.29, 1.82) is 0 Å². The van der Waals surface area contributed by atoms with Crippen LogP contribution in [0.15, 0.2) is 29.3 Å². The lowest BCUT2D eigenvalue weighted by Gasteiger charge is -2.21. The first-order valence-corrected chi connectivity index (χ1v) is 8.27. The first-order valence-electron chi connectivity index (χ1n) is 8.27. The Balaban J connectivity index is 2.45. The number of guanidine groups is 1. The van der Waals surface area contributed by atoms with Gasteiger partial charge in [0.2, 0.25) is 0 Å². The summed E-state index contributed by atoms with van der Waals surface area (Å²) >= 11 is 0. The maximum atomic E-state index is 10.8. The van der Waals surface area contributed by atoms with Crippen molar-refractivity contribution in [3.05, 3.63) is 39.9 Å². The Bertz CT molecular complexity index is 546. The number of hydrogen-bond donors (Lipinski definition) is 2. The van der Waals surface area contributed by atoms with E-state index in [4.69, 9.17) is 4.74 Å². The summed E-state index contributed by atoms with van der Waals surface area (Å²) in [5, 5.41) is 17.2. The smallest absolute Gasteiger partial charge is 0.269 e. The van der Waals surface area contributed by atoms with Crippen molar-refractivity contribution in [1.82, 2.24) is 10.6 Å². The maximum absolute atomic E-state index is 10.8. The summed E-state index contributed by atoms with van der Waals surface area (Å²) in [6.45, 7) is 8.23. The summed E-state index contributed by atoms with van der Waals surface area (Å²) in [5.74, 6) is 1.13. The number of hydrogen-bond acceptors (Lipinski definition) is 4. The molecule has 7 nitrogen and oxygen atoms in total. The van der Waals surface area contributed by atoms with Crippen molar-refractivity contribution in [2.45, 2.75) is 39.8 Å². The molecule has 2 N–H and O–H groups in total. The third-order valence-corrected chi connectivity index (χ3v) is 3.65. The lowest BCUT2D eigenvalue weighted by Crippen LogP contribution is -2.38. The van der Waals surface area contributed by atoms with Gasteiger partial charge in [0.05, 0.1) is 11.0 Å². The number of non-ortho nitro benzene ring substituents is 1. The predicted octanol–water partition coefficient (Wildman–Crippen LogP) is 2.71. The highest BCUT2D eigenvalue weighted by Crippen LogP contribution is 2.13. The number of aliphatic imine (C=N–C) groups is 1. The molecular formula is C17H28N4O3. The maximum Gasteiger partial charge on any atom is 0.269 e. The molecule has 1 unspecified atom stereocenters. The Hall–Kier alpha value is -2.15. The van der Waals surface area contributed by atoms with Gasteiger partial charge in [-0.1, -0.05) is 26.0 Å². The summed E-state index contributed by atoms with van der Waals surface area (Å²) in [4.78, 5) is 14.6. The predicted molar refractivity (Wildman–Crippen MR) is 96.2 cm³/mol. The van der Waals surface area contributed by atoms with Crippen molar-refractivity contribution >= 4 is 11.6 Å². The van der Waals surface area contributed by atoms with E-state index in [0.29, 0.717) is 25.0 Å². The van der Waals surface area contributed by atoms with Crippen molar-refractivity contribution in [2.24, 2.45) is 10.9 Å². The van der Waals surface area contributed by atoms with E-state index >= 15 is 0 Å². The van der Waals surface area contributed by atoms with Gasteiger partial charge in [0.15, 0.2) is 5.96 Å². The second kappa shape index (κ2) is 10.6. The molecule has 1 aromatic carbocycles. The molecule has 0 saturated heterocycles. The summed E-state index contributed by atoms with van der Waals surface area (Å²) in [6.07, 6.45) is 1.11. The fourth-order valence-corrected chi connectivity index (χ4v) is 2.34. The zero-order chi connectivity index (χ0) is 17.9. The molecule has 7 heteroatoms. The lowest BCUT2D eigenvalue weighted by atomic mass is 10.0. The minimum atomic E-state index is -0.393. The molecule has 1 atom stereocenters. The van der Waals surface area contributed by atoms with E-state index in [1.807, 2.05) is 13.0 Å². The van der Waals surface area contributed by atoms with Gasteiger partial charge in [-0.2, -0.15) is 0 Å². The lowest BCUT2D eigenvalue weighted by molar-refractivity contribution is -0.384. The molecular weight excluding hydrogens is 308 g/mol. The van der Waals surface area contributed by atoms with E-state index in [2.05, 4.69) is 29.5 Å². The van der Waals surface area contributed by atoms with Gasteiger partial charge in [-0.15, -0.1) is 0 Å². The second-order valence-corrected chi connectivity index (χ2v) is 5.81. The van der Waals surface area contributed by atoms with Gasteiger partial charge in [0.25, 0.3) is 5.69 Å². The Kier molecular flexibility index (Phi) is 8.78. The van der Waals surface area contributed by atoms with Crippen LogP contribution in [-0.2, 0) is 11.3 Å². The van der Waals surface area contributed by atoms with Gasteiger partial charge in [0.1, 0.15) is 0 Å². The van der Waals surface area contributed by atoms with Crippen LogP contribution in [0.1, 0.15) is 32.8 Å². The highest BCUT2D eigenvalue weighted by atomic mass is 16.6. The van der Waals surface area contributed by atoms with Crippen molar-refractivity contribution in [2.75, 3.05) is 20.2 Å². The summed E-state index contributed by atoms with van der Waals surface area (Å²) in [7, 11) is 1.70. The topological polar surface area (TPSA) is 88.8 Å². The fraction of sp³-hybridized carbons (Fsp3) is 0.588. The van der Waals surface area contributed by atoms with Gasteiger partial charge < -0.3 is 15.4 Å². The number of rotatable bonds is 9. The minimum absolute atomic E-state index is 0.0914. The van der Waals surface area contributed by atoms with Gasteiger partial charge >= 0.3 is 0 Å². The van der Waals surface area contributed by atoms with Gasteiger partial charge in [-0.05, 0) is 24.8 Å². The molecule has 0 aliphatic rings. The first-order chi connectivity index (χ1) is 11.5. The van der Waals surface area contributed by atoms with Crippen LogP contribution in [-0.4, -0.2) is 37.2 Å². The normalized spacial score (nSPS) is 13.0. The molecule has 0 heterocycles. The van der Waals surface area contributed by atoms with Gasteiger partial charge in [-0.3, -0.25) is 15.1 Å². The van der Waals surface area contributed by atoms with Crippen LogP contribution in [0.3, 0.4) is 0 Å². The largest absolute Gasteiger partial charge is 0.378 e. The van der Waals surface area contributed by atoms with E-state index < -0.39 is 4.92 Å². The SMILES string of the molecule is CCOC(CCNC(=NC)NCc1cccc([N+](=O)[O-])c1)C(C)C. The molecule has 0 fully saturated rings. The number of benzene rings is 1. The summed E-state index contributed by atoms with van der Waals surface area (Å²) in [6, 6.07) is 6.57. The van der Waals surface area contributed by atoms with Crippen LogP contribution in [0.4, 0.5) is 5.69 Å². The molecule has 134 valence electrons. The zero-order valence-electron chi connectivity index (χ0n) is 14.9. The molecule has 0 aliphatic carbocycles. The van der Waals surface area contributed by atoms with Crippen molar-refractivity contribution in [3.63, 3.8) is 0 Å². The monoisotopic (exact) mass is 336 g/mol. The van der Waals surface area contributed by atoms with E-state index in [9.17, 15) is 10.1 Å². The van der Waals surface area contributed by atoms with E-state index in [-0.39, 0.29) is 11.8 Å². The Morgan fingerprint density at radius 3 is 2.71 bits per heavy atom. The Morgan fingerprint density at radius 2 is 2.12 bits per heavy atom. The molecule has 0 radical (unpaired) electrons. The number of nitro groups is 1. The molecule has 0 spiro atoms. The zero-order valence-corrected chi connectivity index (χ0v) is 14.9. The Labute approximate surface area is 143 Å². The highest BCUT2D eigenvalue weighted by Gasteiger charge is 2.13. The molecule has 0 amide bonds. The third kappa shape index (κ3) is 6.95. The highest BCUT2D eigenvalue weighted by molar-refractivity contribution is 5.79. The number of nitrogens with one attached hydrogen (secondary N) is 2. The van der Waals surface area contributed by atoms with Crippen LogP contribution in [0, 0.1) is 16.0 Å². The van der Waals surface area contributed by atoms with Gasteiger partial charge in [0, 0.05) is 38.9 Å². The molecule has 0 aromatic heterocycles. The van der Waals surface area contributed by atoms with Crippen molar-refractivity contribution in [3.8, 4) is 0 Å². The van der Waals surface area contributed by atoms with Crippen LogP contribution >= 0.6 is 0 Å². The number of ether oxygens (including phenoxy) is 1. The molecule has 0 saturated carbocycles. The molecule has 24 heavy (non-hydrogen) atoms. The quantitative estimate of drug-likeness (QED) is 0.313. The molecule has 0 aliphatic heterocycles. The van der Waals surface area contributed by atoms with Crippen molar-refractivity contribution < 1.29 is 9.66 Å². The third-order valence-electron chi connectivity index (χ3n) is 3.65. The number of nitrogens with zero attached hydrogens (tertiary/aromatic N) is 2.